The van der Waals surface area contributed by atoms with Crippen molar-refractivity contribution in [3.8, 4) is 17.2 Å². The molecule has 1 fully saturated rings. The van der Waals surface area contributed by atoms with Crippen molar-refractivity contribution in [2.24, 2.45) is 0 Å². The number of hydrogen-bond donors (Lipinski definition) is 0. The Morgan fingerprint density at radius 2 is 1.71 bits per heavy atom. The minimum atomic E-state index is -3.76. The fourth-order valence-electron chi connectivity index (χ4n) is 4.00. The van der Waals surface area contributed by atoms with Crippen molar-refractivity contribution in [2.75, 3.05) is 33.2 Å². The van der Waals surface area contributed by atoms with E-state index in [1.807, 2.05) is 11.9 Å². The van der Waals surface area contributed by atoms with Gasteiger partial charge in [0.25, 0.3) is 0 Å². The number of esters is 1. The second-order valence-corrected chi connectivity index (χ2v) is 10.7. The molecule has 0 spiro atoms. The average Bonchev–Trinajstić information content (AvgIpc) is 2.92. The van der Waals surface area contributed by atoms with Gasteiger partial charge in [0.05, 0.1) is 15.8 Å². The van der Waals surface area contributed by atoms with Crippen LogP contribution >= 0.6 is 0 Å². The first-order valence-corrected chi connectivity index (χ1v) is 13.2. The standard InChI is InChI=1S/C27H23FN2O7S/c1-29-11-13-30(14-12-29)38(33,34)20-6-4-5-18(15-20)27(32)36-19-9-10-21-24(16-19)35-17-25(26(21)31)37-23-8-3-2-7-22(23)28/h2-10,15-17H,11-14H2,1H3. The normalized spacial score (nSPS) is 14.9. The lowest BCUT2D eigenvalue weighted by atomic mass is 10.2. The Bertz CT molecular complexity index is 1680. The van der Waals surface area contributed by atoms with E-state index < -0.39 is 27.2 Å². The molecule has 0 bridgehead atoms. The van der Waals surface area contributed by atoms with Gasteiger partial charge in [0, 0.05) is 32.2 Å². The number of nitrogens with zero attached hydrogens (tertiary/aromatic N) is 2. The molecule has 1 aromatic heterocycles. The third-order valence-electron chi connectivity index (χ3n) is 6.15. The Labute approximate surface area is 217 Å². The van der Waals surface area contributed by atoms with Crippen LogP contribution in [0.1, 0.15) is 10.4 Å². The summed E-state index contributed by atoms with van der Waals surface area (Å²) in [6.07, 6.45) is 1.05. The topological polar surface area (TPSA) is 106 Å². The van der Waals surface area contributed by atoms with Gasteiger partial charge < -0.3 is 18.8 Å². The van der Waals surface area contributed by atoms with E-state index in [-0.39, 0.29) is 38.7 Å². The molecule has 11 heteroatoms. The van der Waals surface area contributed by atoms with Gasteiger partial charge in [-0.1, -0.05) is 18.2 Å². The molecule has 1 aliphatic rings. The van der Waals surface area contributed by atoms with E-state index in [1.165, 1.54) is 65.0 Å². The van der Waals surface area contributed by atoms with Crippen LogP contribution in [0.4, 0.5) is 4.39 Å². The molecule has 0 atom stereocenters. The highest BCUT2D eigenvalue weighted by atomic mass is 32.2. The lowest BCUT2D eigenvalue weighted by Gasteiger charge is -2.31. The third-order valence-corrected chi connectivity index (χ3v) is 8.05. The van der Waals surface area contributed by atoms with Crippen molar-refractivity contribution in [3.05, 3.63) is 94.6 Å². The zero-order chi connectivity index (χ0) is 26.9. The van der Waals surface area contributed by atoms with Gasteiger partial charge in [-0.05, 0) is 49.5 Å². The van der Waals surface area contributed by atoms with Crippen molar-refractivity contribution in [1.82, 2.24) is 9.21 Å². The molecule has 1 aliphatic heterocycles. The number of fused-ring (bicyclic) bond motifs is 1. The van der Waals surface area contributed by atoms with Gasteiger partial charge in [0.2, 0.25) is 21.2 Å². The molecule has 196 valence electrons. The molecule has 4 aromatic rings. The molecular formula is C27H23FN2O7S. The van der Waals surface area contributed by atoms with Crippen LogP contribution in [0, 0.1) is 5.82 Å². The molecule has 0 amide bonds. The average molecular weight is 539 g/mol. The second kappa shape index (κ2) is 10.4. The Balaban J connectivity index is 1.34. The highest BCUT2D eigenvalue weighted by Gasteiger charge is 2.28. The molecule has 0 saturated carbocycles. The number of carbonyl (C=O) groups excluding carboxylic acids is 1. The van der Waals surface area contributed by atoms with Gasteiger partial charge in [-0.3, -0.25) is 4.79 Å². The lowest BCUT2D eigenvalue weighted by Crippen LogP contribution is -2.47. The molecule has 0 unspecified atom stereocenters. The van der Waals surface area contributed by atoms with E-state index in [1.54, 1.807) is 6.07 Å². The van der Waals surface area contributed by atoms with Crippen molar-refractivity contribution in [2.45, 2.75) is 4.90 Å². The Kier molecular flexibility index (Phi) is 6.98. The summed E-state index contributed by atoms with van der Waals surface area (Å²) in [5.74, 6) is -1.65. The van der Waals surface area contributed by atoms with Crippen molar-refractivity contribution in [1.29, 1.82) is 0 Å². The van der Waals surface area contributed by atoms with Gasteiger partial charge in [-0.25, -0.2) is 17.6 Å². The summed E-state index contributed by atoms with van der Waals surface area (Å²) < 4.78 is 57.6. The number of rotatable bonds is 6. The Hall–Kier alpha value is -4.06. The Morgan fingerprint density at radius 3 is 2.47 bits per heavy atom. The highest BCUT2D eigenvalue weighted by Crippen LogP contribution is 2.26. The molecule has 0 aliphatic carbocycles. The van der Waals surface area contributed by atoms with Gasteiger partial charge in [0.15, 0.2) is 11.6 Å². The molecule has 38 heavy (non-hydrogen) atoms. The zero-order valence-corrected chi connectivity index (χ0v) is 21.1. The maximum absolute atomic E-state index is 13.9. The maximum Gasteiger partial charge on any atom is 0.343 e. The van der Waals surface area contributed by atoms with Gasteiger partial charge in [-0.15, -0.1) is 0 Å². The number of likely N-dealkylation sites (N-methyl/N-ethyl adjacent to an activating group) is 1. The van der Waals surface area contributed by atoms with Crippen LogP contribution in [0.25, 0.3) is 11.0 Å². The first kappa shape index (κ1) is 25.6. The minimum absolute atomic E-state index is 0.00314. The molecule has 9 nitrogen and oxygen atoms in total. The number of carbonyl (C=O) groups is 1. The molecule has 0 radical (unpaired) electrons. The predicted molar refractivity (Wildman–Crippen MR) is 137 cm³/mol. The summed E-state index contributed by atoms with van der Waals surface area (Å²) in [5, 5.41) is 0.138. The van der Waals surface area contributed by atoms with Crippen LogP contribution in [0.2, 0.25) is 0 Å². The van der Waals surface area contributed by atoms with Gasteiger partial charge in [-0.2, -0.15) is 4.31 Å². The number of piperazine rings is 1. The van der Waals surface area contributed by atoms with Crippen molar-refractivity contribution in [3.63, 3.8) is 0 Å². The molecule has 1 saturated heterocycles. The molecule has 3 aromatic carbocycles. The van der Waals surface area contributed by atoms with E-state index in [4.69, 9.17) is 13.9 Å². The molecule has 2 heterocycles. The number of ether oxygens (including phenoxy) is 2. The van der Waals surface area contributed by atoms with Crippen LogP contribution in [0.3, 0.4) is 0 Å². The van der Waals surface area contributed by atoms with E-state index in [0.29, 0.717) is 26.2 Å². The largest absolute Gasteiger partial charge is 0.460 e. The van der Waals surface area contributed by atoms with Crippen LogP contribution in [0.5, 0.6) is 17.2 Å². The fraction of sp³-hybridized carbons (Fsp3) is 0.185. The van der Waals surface area contributed by atoms with E-state index in [0.717, 1.165) is 6.26 Å². The number of halogens is 1. The quantitative estimate of drug-likeness (QED) is 0.269. The number of hydrogen-bond acceptors (Lipinski definition) is 8. The van der Waals surface area contributed by atoms with Crippen LogP contribution in [-0.4, -0.2) is 56.8 Å². The van der Waals surface area contributed by atoms with E-state index >= 15 is 0 Å². The summed E-state index contributed by atoms with van der Waals surface area (Å²) >= 11 is 0. The zero-order valence-electron chi connectivity index (χ0n) is 20.3. The third kappa shape index (κ3) is 5.17. The van der Waals surface area contributed by atoms with Gasteiger partial charge >= 0.3 is 5.97 Å². The number of sulfonamides is 1. The SMILES string of the molecule is CN1CCN(S(=O)(=O)c2cccc(C(=O)Oc3ccc4c(=O)c(Oc5ccccc5F)coc4c3)c2)CC1. The summed E-state index contributed by atoms with van der Waals surface area (Å²) in [5.41, 5.74) is -0.364. The highest BCUT2D eigenvalue weighted by molar-refractivity contribution is 7.89. The van der Waals surface area contributed by atoms with Gasteiger partial charge in [0.1, 0.15) is 17.6 Å². The van der Waals surface area contributed by atoms with Crippen LogP contribution in [-0.2, 0) is 10.0 Å². The van der Waals surface area contributed by atoms with Crippen molar-refractivity contribution < 1.29 is 31.5 Å². The van der Waals surface area contributed by atoms with Crippen LogP contribution in [0.15, 0.2) is 87.1 Å². The molecule has 5 rings (SSSR count). The first-order chi connectivity index (χ1) is 18.2. The van der Waals surface area contributed by atoms with Crippen molar-refractivity contribution >= 4 is 27.0 Å². The van der Waals surface area contributed by atoms with E-state index in [9.17, 15) is 22.4 Å². The molecular weight excluding hydrogens is 515 g/mol. The number of para-hydroxylation sites is 1. The maximum atomic E-state index is 13.9. The lowest BCUT2D eigenvalue weighted by molar-refractivity contribution is 0.0734. The predicted octanol–water partition coefficient (Wildman–Crippen LogP) is 3.88. The number of benzene rings is 3. The second-order valence-electron chi connectivity index (χ2n) is 8.74. The summed E-state index contributed by atoms with van der Waals surface area (Å²) in [6.45, 7) is 1.97. The summed E-state index contributed by atoms with van der Waals surface area (Å²) in [4.78, 5) is 27.7. The molecule has 0 N–H and O–H groups in total. The first-order valence-electron chi connectivity index (χ1n) is 11.7. The fourth-order valence-corrected chi connectivity index (χ4v) is 5.47. The van der Waals surface area contributed by atoms with E-state index in [2.05, 4.69) is 0 Å². The summed E-state index contributed by atoms with van der Waals surface area (Å²) in [7, 11) is -1.84. The van der Waals surface area contributed by atoms with Crippen LogP contribution < -0.4 is 14.9 Å². The minimum Gasteiger partial charge on any atom is -0.460 e. The summed E-state index contributed by atoms with van der Waals surface area (Å²) in [6, 6.07) is 15.5. The smallest absolute Gasteiger partial charge is 0.343 e. The monoisotopic (exact) mass is 538 g/mol. The Morgan fingerprint density at radius 1 is 0.947 bits per heavy atom.